The topological polar surface area (TPSA) is 84.9 Å². The van der Waals surface area contributed by atoms with Crippen molar-refractivity contribution in [3.63, 3.8) is 0 Å². The molecule has 0 bridgehead atoms. The first kappa shape index (κ1) is 18.3. The molecule has 6 nitrogen and oxygen atoms in total. The Balaban J connectivity index is 1.94. The minimum atomic E-state index is -0.886. The van der Waals surface area contributed by atoms with Gasteiger partial charge < -0.3 is 19.9 Å². The van der Waals surface area contributed by atoms with Crippen LogP contribution in [0.4, 0.5) is 5.69 Å². The van der Waals surface area contributed by atoms with E-state index >= 15 is 0 Å². The number of nitrogens with one attached hydrogen (secondary N) is 1. The maximum Gasteiger partial charge on any atom is 0.307 e. The monoisotopic (exact) mass is 335 g/mol. The number of hydrogen-bond donors (Lipinski definition) is 2. The van der Waals surface area contributed by atoms with Crippen LogP contribution >= 0.6 is 0 Å². The van der Waals surface area contributed by atoms with Gasteiger partial charge in [0.2, 0.25) is 5.91 Å². The molecule has 0 spiro atoms. The van der Waals surface area contributed by atoms with Crippen molar-refractivity contribution in [1.82, 2.24) is 0 Å². The molecule has 24 heavy (non-hydrogen) atoms. The van der Waals surface area contributed by atoms with E-state index < -0.39 is 17.8 Å². The molecule has 1 amide bonds. The Morgan fingerprint density at radius 3 is 2.67 bits per heavy atom. The van der Waals surface area contributed by atoms with Crippen molar-refractivity contribution in [3.8, 4) is 5.75 Å². The Morgan fingerprint density at radius 1 is 1.21 bits per heavy atom. The van der Waals surface area contributed by atoms with Gasteiger partial charge in [-0.25, -0.2) is 0 Å². The average Bonchev–Trinajstić information content (AvgIpc) is 2.59. The lowest BCUT2D eigenvalue weighted by atomic mass is 9.78. The van der Waals surface area contributed by atoms with E-state index in [-0.39, 0.29) is 5.91 Å². The number of aliphatic carboxylic acids is 1. The zero-order chi connectivity index (χ0) is 17.4. The van der Waals surface area contributed by atoms with Gasteiger partial charge in [-0.1, -0.05) is 18.9 Å². The van der Waals surface area contributed by atoms with Crippen molar-refractivity contribution in [1.29, 1.82) is 0 Å². The minimum absolute atomic E-state index is 0.228. The molecular formula is C18H25NO5. The molecule has 1 fully saturated rings. The predicted molar refractivity (Wildman–Crippen MR) is 90.1 cm³/mol. The van der Waals surface area contributed by atoms with E-state index in [0.29, 0.717) is 44.1 Å². The number of hydrogen-bond acceptors (Lipinski definition) is 4. The number of carbonyl (C=O) groups is 2. The highest BCUT2D eigenvalue weighted by Crippen LogP contribution is 2.31. The molecule has 1 aliphatic carbocycles. The summed E-state index contributed by atoms with van der Waals surface area (Å²) in [7, 11) is 0. The molecule has 0 saturated heterocycles. The SMILES string of the molecule is CCOCCOc1cccc(NC(=O)[C@@H]2CCCC[C@@H]2C(=O)O)c1. The van der Waals surface area contributed by atoms with Gasteiger partial charge in [0.1, 0.15) is 12.4 Å². The Morgan fingerprint density at radius 2 is 1.96 bits per heavy atom. The zero-order valence-electron chi connectivity index (χ0n) is 14.0. The molecular weight excluding hydrogens is 310 g/mol. The Hall–Kier alpha value is -2.08. The molecule has 0 unspecified atom stereocenters. The zero-order valence-corrected chi connectivity index (χ0v) is 14.0. The number of anilines is 1. The molecule has 6 heteroatoms. The summed E-state index contributed by atoms with van der Waals surface area (Å²) in [6.45, 7) is 3.52. The normalized spacial score (nSPS) is 20.4. The summed E-state index contributed by atoms with van der Waals surface area (Å²) in [6, 6.07) is 7.11. The predicted octanol–water partition coefficient (Wildman–Crippen LogP) is 2.93. The van der Waals surface area contributed by atoms with Crippen LogP contribution in [0.3, 0.4) is 0 Å². The molecule has 0 heterocycles. The van der Waals surface area contributed by atoms with E-state index in [1.54, 1.807) is 18.2 Å². The summed E-state index contributed by atoms with van der Waals surface area (Å²) in [6.07, 6.45) is 2.94. The summed E-state index contributed by atoms with van der Waals surface area (Å²) in [5.74, 6) is -1.54. The van der Waals surface area contributed by atoms with Gasteiger partial charge in [-0.3, -0.25) is 9.59 Å². The van der Waals surface area contributed by atoms with Crippen molar-refractivity contribution >= 4 is 17.6 Å². The highest BCUT2D eigenvalue weighted by molar-refractivity contribution is 5.95. The van der Waals surface area contributed by atoms with Crippen LogP contribution < -0.4 is 10.1 Å². The molecule has 0 aromatic heterocycles. The van der Waals surface area contributed by atoms with Crippen LogP contribution in [0.15, 0.2) is 24.3 Å². The smallest absolute Gasteiger partial charge is 0.307 e. The van der Waals surface area contributed by atoms with E-state index in [1.807, 2.05) is 13.0 Å². The third-order valence-corrected chi connectivity index (χ3v) is 4.22. The van der Waals surface area contributed by atoms with E-state index in [2.05, 4.69) is 5.32 Å². The number of ether oxygens (including phenoxy) is 2. The highest BCUT2D eigenvalue weighted by atomic mass is 16.5. The van der Waals surface area contributed by atoms with Crippen LogP contribution in [0.1, 0.15) is 32.6 Å². The fourth-order valence-corrected chi connectivity index (χ4v) is 3.00. The van der Waals surface area contributed by atoms with E-state index in [1.165, 1.54) is 0 Å². The molecule has 0 aliphatic heterocycles. The quantitative estimate of drug-likeness (QED) is 0.714. The van der Waals surface area contributed by atoms with Crippen molar-refractivity contribution in [3.05, 3.63) is 24.3 Å². The van der Waals surface area contributed by atoms with Crippen molar-refractivity contribution in [2.45, 2.75) is 32.6 Å². The highest BCUT2D eigenvalue weighted by Gasteiger charge is 2.35. The van der Waals surface area contributed by atoms with Gasteiger partial charge in [0.15, 0.2) is 0 Å². The maximum atomic E-state index is 12.5. The number of amides is 1. The molecule has 0 radical (unpaired) electrons. The lowest BCUT2D eigenvalue weighted by molar-refractivity contribution is -0.147. The fraction of sp³-hybridized carbons (Fsp3) is 0.556. The molecule has 2 N–H and O–H groups in total. The molecule has 132 valence electrons. The summed E-state index contributed by atoms with van der Waals surface area (Å²) >= 11 is 0. The van der Waals surface area contributed by atoms with Crippen molar-refractivity contribution < 1.29 is 24.2 Å². The van der Waals surface area contributed by atoms with E-state index in [9.17, 15) is 14.7 Å². The number of rotatable bonds is 8. The molecule has 2 rings (SSSR count). The maximum absolute atomic E-state index is 12.5. The van der Waals surface area contributed by atoms with Gasteiger partial charge in [0.05, 0.1) is 18.4 Å². The lowest BCUT2D eigenvalue weighted by Gasteiger charge is -2.27. The first-order valence-corrected chi connectivity index (χ1v) is 8.46. The van der Waals surface area contributed by atoms with Gasteiger partial charge in [-0.15, -0.1) is 0 Å². The summed E-state index contributed by atoms with van der Waals surface area (Å²) in [4.78, 5) is 23.8. The van der Waals surface area contributed by atoms with Crippen LogP contribution in [-0.2, 0) is 14.3 Å². The van der Waals surface area contributed by atoms with Gasteiger partial charge in [-0.2, -0.15) is 0 Å². The molecule has 1 saturated carbocycles. The molecule has 2 atom stereocenters. The Kier molecular flexibility index (Phi) is 7.06. The standard InChI is InChI=1S/C18H25NO5/c1-2-23-10-11-24-14-7-5-6-13(12-14)19-17(20)15-8-3-4-9-16(15)18(21)22/h5-7,12,15-16H,2-4,8-11H2,1H3,(H,19,20)(H,21,22)/t15-,16+/m1/s1. The fourth-order valence-electron chi connectivity index (χ4n) is 3.00. The second-order valence-electron chi connectivity index (χ2n) is 5.90. The van der Waals surface area contributed by atoms with E-state index in [0.717, 1.165) is 12.8 Å². The van der Waals surface area contributed by atoms with Gasteiger partial charge in [-0.05, 0) is 31.9 Å². The second kappa shape index (κ2) is 9.27. The molecule has 1 aliphatic rings. The third kappa shape index (κ3) is 5.23. The van der Waals surface area contributed by atoms with Crippen LogP contribution in [0.2, 0.25) is 0 Å². The lowest BCUT2D eigenvalue weighted by Crippen LogP contribution is -2.36. The van der Waals surface area contributed by atoms with Crippen molar-refractivity contribution in [2.75, 3.05) is 25.1 Å². The van der Waals surface area contributed by atoms with Gasteiger partial charge >= 0.3 is 5.97 Å². The average molecular weight is 335 g/mol. The number of carboxylic acids is 1. The van der Waals surface area contributed by atoms with Crippen LogP contribution in [-0.4, -0.2) is 36.8 Å². The summed E-state index contributed by atoms with van der Waals surface area (Å²) < 4.78 is 10.8. The summed E-state index contributed by atoms with van der Waals surface area (Å²) in [5.41, 5.74) is 0.614. The van der Waals surface area contributed by atoms with Gasteiger partial charge in [0, 0.05) is 18.4 Å². The summed E-state index contributed by atoms with van der Waals surface area (Å²) in [5, 5.41) is 12.1. The van der Waals surface area contributed by atoms with Crippen LogP contribution in [0.25, 0.3) is 0 Å². The largest absolute Gasteiger partial charge is 0.491 e. The molecule has 1 aromatic rings. The first-order valence-electron chi connectivity index (χ1n) is 8.46. The Labute approximate surface area is 142 Å². The number of carbonyl (C=O) groups excluding carboxylic acids is 1. The number of benzene rings is 1. The van der Waals surface area contributed by atoms with Crippen LogP contribution in [0.5, 0.6) is 5.75 Å². The third-order valence-electron chi connectivity index (χ3n) is 4.22. The Bertz CT molecular complexity index is 560. The van der Waals surface area contributed by atoms with E-state index in [4.69, 9.17) is 9.47 Å². The van der Waals surface area contributed by atoms with Crippen molar-refractivity contribution in [2.24, 2.45) is 11.8 Å². The minimum Gasteiger partial charge on any atom is -0.491 e. The number of carboxylic acid groups (broad SMARTS) is 1. The second-order valence-corrected chi connectivity index (χ2v) is 5.90. The van der Waals surface area contributed by atoms with Gasteiger partial charge in [0.25, 0.3) is 0 Å². The molecule has 1 aromatic carbocycles. The first-order chi connectivity index (χ1) is 11.6. The van der Waals surface area contributed by atoms with Crippen LogP contribution in [0, 0.1) is 11.8 Å².